The quantitative estimate of drug-likeness (QED) is 0.397. The lowest BCUT2D eigenvalue weighted by Gasteiger charge is -2.11. The molecule has 0 atom stereocenters. The van der Waals surface area contributed by atoms with Crippen LogP contribution in [0.15, 0.2) is 29.3 Å². The third-order valence-electron chi connectivity index (χ3n) is 2.84. The van der Waals surface area contributed by atoms with Gasteiger partial charge in [-0.3, -0.25) is 4.99 Å². The van der Waals surface area contributed by atoms with Gasteiger partial charge in [0.1, 0.15) is 5.75 Å². The molecule has 1 aromatic carbocycles. The number of aliphatic imine (C=N–C) groups is 1. The Morgan fingerprint density at radius 3 is 2.57 bits per heavy atom. The normalized spacial score (nSPS) is 10.7. The van der Waals surface area contributed by atoms with E-state index in [9.17, 15) is 0 Å². The predicted molar refractivity (Wildman–Crippen MR) is 101 cm³/mol. The number of nitrogens with one attached hydrogen (secondary N) is 2. The molecular formula is C16H28IN3O. The summed E-state index contributed by atoms with van der Waals surface area (Å²) in [5.74, 6) is 1.82. The van der Waals surface area contributed by atoms with Gasteiger partial charge >= 0.3 is 0 Å². The van der Waals surface area contributed by atoms with Crippen molar-refractivity contribution in [3.8, 4) is 5.75 Å². The third kappa shape index (κ3) is 8.80. The Labute approximate surface area is 145 Å². The number of benzene rings is 1. The monoisotopic (exact) mass is 405 g/mol. The van der Waals surface area contributed by atoms with Crippen LogP contribution in [-0.4, -0.2) is 32.7 Å². The van der Waals surface area contributed by atoms with Gasteiger partial charge in [0, 0.05) is 20.1 Å². The summed E-state index contributed by atoms with van der Waals surface area (Å²) in [5.41, 5.74) is 1.28. The highest BCUT2D eigenvalue weighted by atomic mass is 127. The van der Waals surface area contributed by atoms with Crippen LogP contribution >= 0.6 is 24.0 Å². The van der Waals surface area contributed by atoms with Gasteiger partial charge in [-0.15, -0.1) is 24.0 Å². The lowest BCUT2D eigenvalue weighted by atomic mass is 10.1. The fourth-order valence-corrected chi connectivity index (χ4v) is 1.80. The molecule has 0 aliphatic heterocycles. The molecule has 2 N–H and O–H groups in total. The lowest BCUT2D eigenvalue weighted by molar-refractivity contribution is 0.317. The molecule has 21 heavy (non-hydrogen) atoms. The number of ether oxygens (including phenoxy) is 1. The van der Waals surface area contributed by atoms with Gasteiger partial charge in [0.25, 0.3) is 0 Å². The summed E-state index contributed by atoms with van der Waals surface area (Å²) in [6.45, 7) is 6.83. The zero-order valence-corrected chi connectivity index (χ0v) is 15.6. The molecule has 0 radical (unpaired) electrons. The van der Waals surface area contributed by atoms with E-state index in [0.29, 0.717) is 0 Å². The largest absolute Gasteiger partial charge is 0.494 e. The highest BCUT2D eigenvalue weighted by molar-refractivity contribution is 14.0. The van der Waals surface area contributed by atoms with Gasteiger partial charge in [-0.2, -0.15) is 0 Å². The van der Waals surface area contributed by atoms with E-state index < -0.39 is 0 Å². The average molecular weight is 405 g/mol. The Kier molecular flexibility index (Phi) is 12.1. The van der Waals surface area contributed by atoms with Crippen LogP contribution in [0.2, 0.25) is 0 Å². The van der Waals surface area contributed by atoms with Crippen molar-refractivity contribution in [1.29, 1.82) is 0 Å². The van der Waals surface area contributed by atoms with Gasteiger partial charge in [0.2, 0.25) is 0 Å². The van der Waals surface area contributed by atoms with Crippen LogP contribution in [0, 0.1) is 0 Å². The molecule has 0 saturated heterocycles. The van der Waals surface area contributed by atoms with E-state index in [1.54, 1.807) is 7.05 Å². The van der Waals surface area contributed by atoms with Crippen LogP contribution in [0.4, 0.5) is 0 Å². The standard InChI is InChI=1S/C16H27N3O.HI/c1-4-10-18-16(17-3)19-11-9-14-7-6-8-15(13-14)20-12-5-2;/h6-8,13H,4-5,9-12H2,1-3H3,(H2,17,18,19);1H. The molecule has 120 valence electrons. The van der Waals surface area contributed by atoms with Crippen molar-refractivity contribution in [3.05, 3.63) is 29.8 Å². The van der Waals surface area contributed by atoms with Gasteiger partial charge < -0.3 is 15.4 Å². The minimum absolute atomic E-state index is 0. The zero-order chi connectivity index (χ0) is 14.6. The van der Waals surface area contributed by atoms with Crippen LogP contribution < -0.4 is 15.4 Å². The van der Waals surface area contributed by atoms with Crippen molar-refractivity contribution in [2.75, 3.05) is 26.7 Å². The molecule has 1 aromatic rings. The summed E-state index contributed by atoms with van der Waals surface area (Å²) in [5, 5.41) is 6.57. The van der Waals surface area contributed by atoms with Crippen molar-refractivity contribution in [2.24, 2.45) is 4.99 Å². The Bertz CT molecular complexity index is 410. The van der Waals surface area contributed by atoms with Crippen molar-refractivity contribution < 1.29 is 4.74 Å². The van der Waals surface area contributed by atoms with Crippen LogP contribution in [0.5, 0.6) is 5.75 Å². The minimum Gasteiger partial charge on any atom is -0.494 e. The summed E-state index contributed by atoms with van der Waals surface area (Å²) in [6, 6.07) is 8.29. The Morgan fingerprint density at radius 1 is 1.14 bits per heavy atom. The molecule has 0 fully saturated rings. The van der Waals surface area contributed by atoms with Gasteiger partial charge in [-0.1, -0.05) is 26.0 Å². The Morgan fingerprint density at radius 2 is 1.90 bits per heavy atom. The molecule has 0 aliphatic rings. The molecule has 0 aromatic heterocycles. The fourth-order valence-electron chi connectivity index (χ4n) is 1.80. The lowest BCUT2D eigenvalue weighted by Crippen LogP contribution is -2.38. The fraction of sp³-hybridized carbons (Fsp3) is 0.562. The van der Waals surface area contributed by atoms with Gasteiger partial charge in [-0.25, -0.2) is 0 Å². The maximum atomic E-state index is 5.64. The maximum Gasteiger partial charge on any atom is 0.190 e. The van der Waals surface area contributed by atoms with E-state index in [1.165, 1.54) is 5.56 Å². The summed E-state index contributed by atoms with van der Waals surface area (Å²) in [4.78, 5) is 4.18. The van der Waals surface area contributed by atoms with Gasteiger partial charge in [0.05, 0.1) is 6.61 Å². The first-order chi connectivity index (χ1) is 9.80. The van der Waals surface area contributed by atoms with Crippen molar-refractivity contribution in [2.45, 2.75) is 33.1 Å². The smallest absolute Gasteiger partial charge is 0.190 e. The van der Waals surface area contributed by atoms with Crippen LogP contribution in [-0.2, 0) is 6.42 Å². The molecule has 0 spiro atoms. The summed E-state index contributed by atoms with van der Waals surface area (Å²) < 4.78 is 5.64. The number of rotatable bonds is 8. The molecular weight excluding hydrogens is 377 g/mol. The second kappa shape index (κ2) is 12.7. The van der Waals surface area contributed by atoms with E-state index in [1.807, 2.05) is 12.1 Å². The topological polar surface area (TPSA) is 45.7 Å². The second-order valence-corrected chi connectivity index (χ2v) is 4.67. The van der Waals surface area contributed by atoms with E-state index in [-0.39, 0.29) is 24.0 Å². The van der Waals surface area contributed by atoms with E-state index >= 15 is 0 Å². The minimum atomic E-state index is 0. The van der Waals surface area contributed by atoms with Crippen LogP contribution in [0.1, 0.15) is 32.3 Å². The number of hydrogen-bond acceptors (Lipinski definition) is 2. The molecule has 4 nitrogen and oxygen atoms in total. The van der Waals surface area contributed by atoms with E-state index in [4.69, 9.17) is 4.74 Å². The summed E-state index contributed by atoms with van der Waals surface area (Å²) in [6.07, 6.45) is 3.08. The van der Waals surface area contributed by atoms with Crippen molar-refractivity contribution >= 4 is 29.9 Å². The first kappa shape index (κ1) is 20.0. The second-order valence-electron chi connectivity index (χ2n) is 4.67. The first-order valence-corrected chi connectivity index (χ1v) is 7.46. The molecule has 0 saturated carbocycles. The summed E-state index contributed by atoms with van der Waals surface area (Å²) >= 11 is 0. The van der Waals surface area contributed by atoms with Crippen LogP contribution in [0.3, 0.4) is 0 Å². The van der Waals surface area contributed by atoms with Gasteiger partial charge in [0.15, 0.2) is 5.96 Å². The van der Waals surface area contributed by atoms with E-state index in [2.05, 4.69) is 41.6 Å². The molecule has 0 heterocycles. The SMILES string of the molecule is CCCNC(=NC)NCCc1cccc(OCCC)c1.I. The number of hydrogen-bond donors (Lipinski definition) is 2. The molecule has 1 rings (SSSR count). The average Bonchev–Trinajstić information content (AvgIpc) is 2.49. The zero-order valence-electron chi connectivity index (χ0n) is 13.3. The third-order valence-corrected chi connectivity index (χ3v) is 2.84. The highest BCUT2D eigenvalue weighted by Gasteiger charge is 1.99. The molecule has 0 amide bonds. The molecule has 0 aliphatic carbocycles. The van der Waals surface area contributed by atoms with Crippen molar-refractivity contribution in [1.82, 2.24) is 10.6 Å². The predicted octanol–water partition coefficient (Wildman–Crippen LogP) is 3.21. The molecule has 5 heteroatoms. The molecule has 0 bridgehead atoms. The summed E-state index contributed by atoms with van der Waals surface area (Å²) in [7, 11) is 1.80. The number of guanidine groups is 1. The van der Waals surface area contributed by atoms with Crippen LogP contribution in [0.25, 0.3) is 0 Å². The van der Waals surface area contributed by atoms with Gasteiger partial charge in [-0.05, 0) is 37.0 Å². The van der Waals surface area contributed by atoms with Crippen molar-refractivity contribution in [3.63, 3.8) is 0 Å². The molecule has 0 unspecified atom stereocenters. The maximum absolute atomic E-state index is 5.64. The first-order valence-electron chi connectivity index (χ1n) is 7.46. The van der Waals surface area contributed by atoms with E-state index in [0.717, 1.165) is 50.7 Å². The number of halogens is 1. The highest BCUT2D eigenvalue weighted by Crippen LogP contribution is 2.13. The Hall–Kier alpha value is -0.980. The Balaban J connectivity index is 0.00000400. The number of nitrogens with zero attached hydrogens (tertiary/aromatic N) is 1.